The highest BCUT2D eigenvalue weighted by molar-refractivity contribution is 5.97. The molecule has 8 heteroatoms. The van der Waals surface area contributed by atoms with Crippen LogP contribution < -0.4 is 5.32 Å². The number of anilines is 1. The van der Waals surface area contributed by atoms with Crippen LogP contribution in [0.2, 0.25) is 0 Å². The number of carbonyl (C=O) groups excluding carboxylic acids is 1. The molecule has 132 valence electrons. The van der Waals surface area contributed by atoms with Crippen molar-refractivity contribution in [3.8, 4) is 5.69 Å². The molecule has 0 atom stereocenters. The number of rotatable bonds is 5. The second kappa shape index (κ2) is 7.47. The number of aromatic carboxylic acids is 1. The Kier molecular flexibility index (Phi) is 4.93. The Morgan fingerprint density at radius 2 is 1.81 bits per heavy atom. The minimum Gasteiger partial charge on any atom is -0.477 e. The number of nitrogens with one attached hydrogen (secondary N) is 1. The largest absolute Gasteiger partial charge is 0.477 e. The van der Waals surface area contributed by atoms with Gasteiger partial charge in [0.05, 0.1) is 11.9 Å². The van der Waals surface area contributed by atoms with E-state index in [0.717, 1.165) is 11.8 Å². The number of carboxylic acids is 1. The average Bonchev–Trinajstić information content (AvgIpc) is 3.05. The van der Waals surface area contributed by atoms with Gasteiger partial charge in [-0.25, -0.2) is 18.7 Å². The first kappa shape index (κ1) is 17.2. The third kappa shape index (κ3) is 3.86. The fraction of sp³-hybridized carbons (Fsp3) is 0.0556. The maximum atomic E-state index is 13.1. The first-order valence-electron chi connectivity index (χ1n) is 7.59. The fourth-order valence-electron chi connectivity index (χ4n) is 2.26. The molecule has 0 saturated heterocycles. The van der Waals surface area contributed by atoms with E-state index in [1.807, 2.05) is 18.2 Å². The summed E-state index contributed by atoms with van der Waals surface area (Å²) in [5.74, 6) is -1.80. The van der Waals surface area contributed by atoms with Crippen LogP contribution in [0.3, 0.4) is 0 Å². The fourth-order valence-corrected chi connectivity index (χ4v) is 2.26. The van der Waals surface area contributed by atoms with Gasteiger partial charge in [-0.3, -0.25) is 5.32 Å². The van der Waals surface area contributed by atoms with E-state index < -0.39 is 17.9 Å². The molecule has 3 aromatic rings. The Labute approximate surface area is 147 Å². The van der Waals surface area contributed by atoms with Gasteiger partial charge in [0.1, 0.15) is 18.0 Å². The van der Waals surface area contributed by atoms with Crippen LogP contribution in [0.4, 0.5) is 15.0 Å². The summed E-state index contributed by atoms with van der Waals surface area (Å²) in [7, 11) is 0. The highest BCUT2D eigenvalue weighted by Gasteiger charge is 2.20. The molecule has 0 aliphatic rings. The standard InChI is InChI=1S/C18H14FN3O4/c19-13-6-8-14(9-7-13)22-16(15(10-20-22)17(23)24)21-18(25)26-11-12-4-2-1-3-5-12/h1-10H,11H2,(H,21,25)(H,23,24). The lowest BCUT2D eigenvalue weighted by atomic mass is 10.2. The number of amides is 1. The minimum absolute atomic E-state index is 0.0275. The molecule has 7 nitrogen and oxygen atoms in total. The topological polar surface area (TPSA) is 93.5 Å². The van der Waals surface area contributed by atoms with E-state index in [1.165, 1.54) is 28.9 Å². The number of hydrogen-bond acceptors (Lipinski definition) is 4. The molecule has 3 rings (SSSR count). The van der Waals surface area contributed by atoms with Crippen molar-refractivity contribution >= 4 is 17.9 Å². The van der Waals surface area contributed by atoms with E-state index in [-0.39, 0.29) is 18.0 Å². The summed E-state index contributed by atoms with van der Waals surface area (Å²) < 4.78 is 19.4. The molecule has 0 aliphatic heterocycles. The van der Waals surface area contributed by atoms with Gasteiger partial charge in [-0.1, -0.05) is 30.3 Å². The van der Waals surface area contributed by atoms with Gasteiger partial charge in [0.15, 0.2) is 5.82 Å². The molecule has 1 heterocycles. The Balaban J connectivity index is 1.81. The lowest BCUT2D eigenvalue weighted by Gasteiger charge is -2.11. The molecule has 0 aliphatic carbocycles. The molecule has 1 amide bonds. The van der Waals surface area contributed by atoms with Gasteiger partial charge in [-0.2, -0.15) is 5.10 Å². The molecule has 2 N–H and O–H groups in total. The van der Waals surface area contributed by atoms with Crippen LogP contribution in [0, 0.1) is 5.82 Å². The average molecular weight is 355 g/mol. The normalized spacial score (nSPS) is 10.3. The van der Waals surface area contributed by atoms with Gasteiger partial charge in [0.25, 0.3) is 0 Å². The summed E-state index contributed by atoms with van der Waals surface area (Å²) in [6.45, 7) is 0.0275. The highest BCUT2D eigenvalue weighted by Crippen LogP contribution is 2.21. The van der Waals surface area contributed by atoms with E-state index in [4.69, 9.17) is 4.74 Å². The summed E-state index contributed by atoms with van der Waals surface area (Å²) >= 11 is 0. The summed E-state index contributed by atoms with van der Waals surface area (Å²) in [6, 6.07) is 14.3. The van der Waals surface area contributed by atoms with Crippen LogP contribution in [-0.4, -0.2) is 26.9 Å². The third-order valence-corrected chi connectivity index (χ3v) is 3.50. The first-order valence-corrected chi connectivity index (χ1v) is 7.59. The molecular formula is C18H14FN3O4. The first-order chi connectivity index (χ1) is 12.5. The van der Waals surface area contributed by atoms with Gasteiger partial charge in [0, 0.05) is 0 Å². The van der Waals surface area contributed by atoms with Crippen LogP contribution in [0.1, 0.15) is 15.9 Å². The monoisotopic (exact) mass is 355 g/mol. The van der Waals surface area contributed by atoms with Gasteiger partial charge in [0.2, 0.25) is 0 Å². The highest BCUT2D eigenvalue weighted by atomic mass is 19.1. The minimum atomic E-state index is -1.27. The van der Waals surface area contributed by atoms with E-state index in [0.29, 0.717) is 5.69 Å². The van der Waals surface area contributed by atoms with E-state index in [2.05, 4.69) is 10.4 Å². The summed E-state index contributed by atoms with van der Waals surface area (Å²) in [4.78, 5) is 23.4. The zero-order valence-corrected chi connectivity index (χ0v) is 13.4. The van der Waals surface area contributed by atoms with Gasteiger partial charge >= 0.3 is 12.1 Å². The second-order valence-electron chi connectivity index (χ2n) is 5.29. The molecule has 1 aromatic heterocycles. The maximum Gasteiger partial charge on any atom is 0.413 e. The number of halogens is 1. The smallest absolute Gasteiger partial charge is 0.413 e. The molecule has 0 spiro atoms. The van der Waals surface area contributed by atoms with Crippen molar-refractivity contribution < 1.29 is 23.8 Å². The van der Waals surface area contributed by atoms with Crippen molar-refractivity contribution in [1.29, 1.82) is 0 Å². The predicted molar refractivity (Wildman–Crippen MR) is 90.7 cm³/mol. The van der Waals surface area contributed by atoms with E-state index >= 15 is 0 Å². The molecule has 0 fully saturated rings. The lowest BCUT2D eigenvalue weighted by molar-refractivity contribution is 0.0698. The van der Waals surface area contributed by atoms with Crippen molar-refractivity contribution in [1.82, 2.24) is 9.78 Å². The number of carbonyl (C=O) groups is 2. The Bertz CT molecular complexity index is 923. The summed E-state index contributed by atoms with van der Waals surface area (Å²) in [5, 5.41) is 15.6. The number of nitrogens with zero attached hydrogens (tertiary/aromatic N) is 2. The number of carboxylic acid groups (broad SMARTS) is 1. The van der Waals surface area contributed by atoms with Crippen LogP contribution in [0.15, 0.2) is 60.8 Å². The van der Waals surface area contributed by atoms with Crippen molar-refractivity contribution in [3.05, 3.63) is 77.7 Å². The van der Waals surface area contributed by atoms with Crippen LogP contribution in [-0.2, 0) is 11.3 Å². The molecule has 0 unspecified atom stereocenters. The van der Waals surface area contributed by atoms with E-state index in [9.17, 15) is 19.1 Å². The molecule has 0 saturated carbocycles. The van der Waals surface area contributed by atoms with Crippen LogP contribution >= 0.6 is 0 Å². The zero-order chi connectivity index (χ0) is 18.5. The van der Waals surface area contributed by atoms with Crippen molar-refractivity contribution in [2.45, 2.75) is 6.61 Å². The number of aromatic nitrogens is 2. The summed E-state index contributed by atoms with van der Waals surface area (Å²) in [6.07, 6.45) is 0.263. The Morgan fingerprint density at radius 1 is 1.12 bits per heavy atom. The van der Waals surface area contributed by atoms with Crippen LogP contribution in [0.5, 0.6) is 0 Å². The molecule has 0 radical (unpaired) electrons. The van der Waals surface area contributed by atoms with Gasteiger partial charge in [-0.05, 0) is 29.8 Å². The zero-order valence-electron chi connectivity index (χ0n) is 13.4. The molecular weight excluding hydrogens is 341 g/mol. The predicted octanol–water partition coefficient (Wildman–Crippen LogP) is 3.46. The molecule has 26 heavy (non-hydrogen) atoms. The number of benzene rings is 2. The van der Waals surface area contributed by atoms with Crippen molar-refractivity contribution in [2.75, 3.05) is 5.32 Å². The number of ether oxygens (including phenoxy) is 1. The Hall–Kier alpha value is -3.68. The third-order valence-electron chi connectivity index (χ3n) is 3.50. The van der Waals surface area contributed by atoms with Crippen molar-refractivity contribution in [2.24, 2.45) is 0 Å². The summed E-state index contributed by atoms with van der Waals surface area (Å²) in [5.41, 5.74) is 0.955. The molecule has 0 bridgehead atoms. The number of hydrogen-bond donors (Lipinski definition) is 2. The van der Waals surface area contributed by atoms with E-state index in [1.54, 1.807) is 12.1 Å². The maximum absolute atomic E-state index is 13.1. The SMILES string of the molecule is O=C(Nc1c(C(=O)O)cnn1-c1ccc(F)cc1)OCc1ccccc1. The van der Waals surface area contributed by atoms with Gasteiger partial charge in [-0.15, -0.1) is 0 Å². The quantitative estimate of drug-likeness (QED) is 0.731. The second-order valence-corrected chi connectivity index (χ2v) is 5.29. The van der Waals surface area contributed by atoms with Gasteiger partial charge < -0.3 is 9.84 Å². The molecule has 2 aromatic carbocycles. The van der Waals surface area contributed by atoms with Crippen LogP contribution in [0.25, 0.3) is 5.69 Å². The van der Waals surface area contributed by atoms with Crippen molar-refractivity contribution in [3.63, 3.8) is 0 Å². The Morgan fingerprint density at radius 3 is 2.46 bits per heavy atom. The lowest BCUT2D eigenvalue weighted by Crippen LogP contribution is -2.18.